The van der Waals surface area contributed by atoms with Crippen molar-refractivity contribution in [3.8, 4) is 6.07 Å². The van der Waals surface area contributed by atoms with Gasteiger partial charge in [-0.3, -0.25) is 4.98 Å². The maximum atomic E-state index is 9.87. The molecule has 0 radical (unpaired) electrons. The number of aliphatic hydroxyl groups is 1. The van der Waals surface area contributed by atoms with Crippen LogP contribution >= 0.6 is 0 Å². The van der Waals surface area contributed by atoms with Gasteiger partial charge < -0.3 is 10.4 Å². The Morgan fingerprint density at radius 2 is 2.09 bits per heavy atom. The average molecular weight is 295 g/mol. The van der Waals surface area contributed by atoms with E-state index in [0.717, 1.165) is 19.3 Å². The molecule has 0 aromatic carbocycles. The third-order valence-electron chi connectivity index (χ3n) is 3.88. The van der Waals surface area contributed by atoms with Crippen molar-refractivity contribution >= 4 is 5.95 Å². The van der Waals surface area contributed by atoms with Crippen molar-refractivity contribution in [1.82, 2.24) is 15.0 Å². The molecule has 1 aliphatic rings. The Labute approximate surface area is 128 Å². The summed E-state index contributed by atoms with van der Waals surface area (Å²) in [6.07, 6.45) is 5.61. The van der Waals surface area contributed by atoms with Crippen LogP contribution in [0.25, 0.3) is 0 Å². The molecule has 2 aromatic rings. The number of hydrogen-bond acceptors (Lipinski definition) is 6. The average Bonchev–Trinajstić information content (AvgIpc) is 2.95. The number of aliphatic hydroxyl groups excluding tert-OH is 1. The fraction of sp³-hybridized carbons (Fsp3) is 0.375. The number of nitrogens with one attached hydrogen (secondary N) is 1. The summed E-state index contributed by atoms with van der Waals surface area (Å²) in [6.45, 7) is 0. The second-order valence-electron chi connectivity index (χ2n) is 5.37. The summed E-state index contributed by atoms with van der Waals surface area (Å²) in [5.41, 5.74) is 1.27. The highest BCUT2D eigenvalue weighted by Crippen LogP contribution is 2.24. The Hall–Kier alpha value is -2.52. The minimum Gasteiger partial charge on any atom is -0.391 e. The molecule has 22 heavy (non-hydrogen) atoms. The van der Waals surface area contributed by atoms with Gasteiger partial charge in [-0.15, -0.1) is 0 Å². The summed E-state index contributed by atoms with van der Waals surface area (Å²) in [4.78, 5) is 12.8. The number of pyridine rings is 1. The molecule has 1 saturated carbocycles. The van der Waals surface area contributed by atoms with Gasteiger partial charge in [-0.25, -0.2) is 9.97 Å². The lowest BCUT2D eigenvalue weighted by Crippen LogP contribution is -2.29. The van der Waals surface area contributed by atoms with Crippen molar-refractivity contribution in [1.29, 1.82) is 5.26 Å². The number of anilines is 1. The molecule has 0 aliphatic heterocycles. The summed E-state index contributed by atoms with van der Waals surface area (Å²) < 4.78 is 0. The molecule has 1 aliphatic carbocycles. The molecular formula is C16H17N5O. The number of nitrogens with zero attached hydrogens (tertiary/aromatic N) is 4. The van der Waals surface area contributed by atoms with Crippen LogP contribution < -0.4 is 5.32 Å². The van der Waals surface area contributed by atoms with E-state index in [0.29, 0.717) is 17.3 Å². The summed E-state index contributed by atoms with van der Waals surface area (Å²) in [5, 5.41) is 22.5. The molecule has 0 amide bonds. The highest BCUT2D eigenvalue weighted by atomic mass is 16.3. The molecule has 2 aromatic heterocycles. The molecule has 2 heterocycles. The lowest BCUT2D eigenvalue weighted by Gasteiger charge is -2.17. The highest BCUT2D eigenvalue weighted by molar-refractivity contribution is 5.34. The van der Waals surface area contributed by atoms with Gasteiger partial charge in [0.1, 0.15) is 5.92 Å². The van der Waals surface area contributed by atoms with E-state index in [-0.39, 0.29) is 12.1 Å². The molecular weight excluding hydrogens is 278 g/mol. The van der Waals surface area contributed by atoms with Crippen LogP contribution in [0.3, 0.4) is 0 Å². The minimum atomic E-state index is -0.529. The van der Waals surface area contributed by atoms with E-state index in [2.05, 4.69) is 26.3 Å². The fourth-order valence-electron chi connectivity index (χ4n) is 2.71. The van der Waals surface area contributed by atoms with E-state index in [9.17, 15) is 10.4 Å². The first-order valence-corrected chi connectivity index (χ1v) is 7.36. The number of nitriles is 1. The van der Waals surface area contributed by atoms with Crippen molar-refractivity contribution in [2.75, 3.05) is 5.32 Å². The Balaban J connectivity index is 1.82. The quantitative estimate of drug-likeness (QED) is 0.894. The molecule has 1 unspecified atom stereocenters. The molecule has 3 rings (SSSR count). The van der Waals surface area contributed by atoms with Gasteiger partial charge in [0.15, 0.2) is 0 Å². The van der Waals surface area contributed by atoms with Crippen molar-refractivity contribution in [2.45, 2.75) is 37.3 Å². The van der Waals surface area contributed by atoms with Crippen molar-refractivity contribution in [2.24, 2.45) is 0 Å². The second kappa shape index (κ2) is 6.50. The molecule has 3 atom stereocenters. The number of rotatable bonds is 4. The standard InChI is InChI=1S/C16H17N5O/c17-10-11(12-4-1-2-8-18-12)13-7-9-19-16(20-13)21-14-5-3-6-15(14)22/h1-2,4,7-9,11,14-15,22H,3,5-6H2,(H,19,20,21)/t11?,14-,15-/m0/s1. The van der Waals surface area contributed by atoms with Crippen molar-refractivity contribution < 1.29 is 5.11 Å². The summed E-state index contributed by atoms with van der Waals surface area (Å²) in [7, 11) is 0. The lowest BCUT2D eigenvalue weighted by molar-refractivity contribution is 0.171. The zero-order chi connectivity index (χ0) is 15.4. The fourth-order valence-corrected chi connectivity index (χ4v) is 2.71. The van der Waals surface area contributed by atoms with Gasteiger partial charge in [-0.05, 0) is 37.5 Å². The Bertz CT molecular complexity index is 670. The summed E-state index contributed by atoms with van der Waals surface area (Å²) in [6, 6.07) is 9.40. The monoisotopic (exact) mass is 295 g/mol. The first-order chi connectivity index (χ1) is 10.8. The Morgan fingerprint density at radius 3 is 2.77 bits per heavy atom. The number of aromatic nitrogens is 3. The van der Waals surface area contributed by atoms with Gasteiger partial charge in [0.05, 0.1) is 29.6 Å². The summed E-state index contributed by atoms with van der Waals surface area (Å²) in [5.74, 6) is -0.0853. The van der Waals surface area contributed by atoms with E-state index in [1.807, 2.05) is 18.2 Å². The van der Waals surface area contributed by atoms with E-state index in [1.165, 1.54) is 0 Å². The minimum absolute atomic E-state index is 0.0226. The predicted octanol–water partition coefficient (Wildman–Crippen LogP) is 1.85. The van der Waals surface area contributed by atoms with Crippen LogP contribution in [0.5, 0.6) is 0 Å². The SMILES string of the molecule is N#CC(c1ccccn1)c1ccnc(N[C@H]2CCC[C@@H]2O)n1. The first-order valence-electron chi connectivity index (χ1n) is 7.36. The van der Waals surface area contributed by atoms with Gasteiger partial charge in [-0.1, -0.05) is 6.07 Å². The van der Waals surface area contributed by atoms with Crippen LogP contribution in [0.4, 0.5) is 5.95 Å². The smallest absolute Gasteiger partial charge is 0.223 e. The van der Waals surface area contributed by atoms with Crippen molar-refractivity contribution in [3.63, 3.8) is 0 Å². The second-order valence-corrected chi connectivity index (χ2v) is 5.37. The van der Waals surface area contributed by atoms with Gasteiger partial charge in [0.25, 0.3) is 0 Å². The van der Waals surface area contributed by atoms with Gasteiger partial charge >= 0.3 is 0 Å². The lowest BCUT2D eigenvalue weighted by atomic mass is 10.0. The zero-order valence-electron chi connectivity index (χ0n) is 12.1. The zero-order valence-corrected chi connectivity index (χ0v) is 12.1. The van der Waals surface area contributed by atoms with Crippen molar-refractivity contribution in [3.05, 3.63) is 48.0 Å². The molecule has 1 fully saturated rings. The van der Waals surface area contributed by atoms with Crippen LogP contribution in [0.1, 0.15) is 36.6 Å². The van der Waals surface area contributed by atoms with Gasteiger partial charge in [0.2, 0.25) is 5.95 Å². The normalized spacial score (nSPS) is 22.0. The van der Waals surface area contributed by atoms with Crippen LogP contribution in [0, 0.1) is 11.3 Å². The van der Waals surface area contributed by atoms with Gasteiger partial charge in [0, 0.05) is 12.4 Å². The third kappa shape index (κ3) is 3.05. The first kappa shape index (κ1) is 14.4. The Morgan fingerprint density at radius 1 is 1.18 bits per heavy atom. The van der Waals surface area contributed by atoms with Gasteiger partial charge in [-0.2, -0.15) is 5.26 Å². The van der Waals surface area contributed by atoms with Crippen LogP contribution in [0.2, 0.25) is 0 Å². The maximum Gasteiger partial charge on any atom is 0.223 e. The molecule has 112 valence electrons. The summed E-state index contributed by atoms with van der Waals surface area (Å²) >= 11 is 0. The molecule has 6 nitrogen and oxygen atoms in total. The van der Waals surface area contributed by atoms with Crippen LogP contribution in [-0.2, 0) is 0 Å². The number of hydrogen-bond donors (Lipinski definition) is 2. The molecule has 0 bridgehead atoms. The predicted molar refractivity (Wildman–Crippen MR) is 81.0 cm³/mol. The molecule has 0 spiro atoms. The third-order valence-corrected chi connectivity index (χ3v) is 3.88. The van der Waals surface area contributed by atoms with Crippen LogP contribution in [0.15, 0.2) is 36.7 Å². The van der Waals surface area contributed by atoms with E-state index in [1.54, 1.807) is 18.5 Å². The molecule has 0 saturated heterocycles. The van der Waals surface area contributed by atoms with E-state index < -0.39 is 5.92 Å². The van der Waals surface area contributed by atoms with E-state index >= 15 is 0 Å². The molecule has 2 N–H and O–H groups in total. The maximum absolute atomic E-state index is 9.87. The Kier molecular flexibility index (Phi) is 4.26. The largest absolute Gasteiger partial charge is 0.391 e. The van der Waals surface area contributed by atoms with Crippen LogP contribution in [-0.4, -0.2) is 32.2 Å². The molecule has 6 heteroatoms. The highest BCUT2D eigenvalue weighted by Gasteiger charge is 2.26. The van der Waals surface area contributed by atoms with E-state index in [4.69, 9.17) is 0 Å². The topological polar surface area (TPSA) is 94.7 Å².